The topological polar surface area (TPSA) is 67.1 Å². The van der Waals surface area contributed by atoms with Gasteiger partial charge in [-0.1, -0.05) is 71.4 Å². The van der Waals surface area contributed by atoms with Crippen molar-refractivity contribution in [2.45, 2.75) is 19.8 Å². The van der Waals surface area contributed by atoms with Crippen LogP contribution in [0.15, 0.2) is 71.3 Å². The molecular formula is C28H27N5O. The molecule has 1 fully saturated rings. The van der Waals surface area contributed by atoms with Gasteiger partial charge in [0.15, 0.2) is 0 Å². The fourth-order valence-electron chi connectivity index (χ4n) is 4.67. The van der Waals surface area contributed by atoms with E-state index in [0.29, 0.717) is 12.1 Å². The Morgan fingerprint density at radius 2 is 1.76 bits per heavy atom. The zero-order valence-electron chi connectivity index (χ0n) is 19.3. The minimum atomic E-state index is 0.549. The quantitative estimate of drug-likeness (QED) is 0.410. The number of rotatable bonds is 4. The van der Waals surface area contributed by atoms with E-state index in [1.807, 2.05) is 0 Å². The summed E-state index contributed by atoms with van der Waals surface area (Å²) >= 11 is 0. The van der Waals surface area contributed by atoms with Crippen molar-refractivity contribution in [3.63, 3.8) is 0 Å². The summed E-state index contributed by atoms with van der Waals surface area (Å²) in [6.07, 6.45) is 1.72. The van der Waals surface area contributed by atoms with Crippen LogP contribution in [0.4, 0.5) is 5.82 Å². The van der Waals surface area contributed by atoms with E-state index >= 15 is 0 Å². The van der Waals surface area contributed by atoms with Gasteiger partial charge in [0.25, 0.3) is 5.71 Å². The van der Waals surface area contributed by atoms with Gasteiger partial charge in [-0.25, -0.2) is 4.98 Å². The van der Waals surface area contributed by atoms with Gasteiger partial charge in [0, 0.05) is 31.6 Å². The lowest BCUT2D eigenvalue weighted by molar-refractivity contribution is 0.450. The van der Waals surface area contributed by atoms with Crippen LogP contribution >= 0.6 is 0 Å². The van der Waals surface area contributed by atoms with Gasteiger partial charge in [-0.2, -0.15) is 4.98 Å². The number of hydrogen-bond acceptors (Lipinski definition) is 6. The minimum absolute atomic E-state index is 0.549. The maximum absolute atomic E-state index is 5.83. The zero-order valence-corrected chi connectivity index (χ0v) is 19.3. The Bertz CT molecular complexity index is 1450. The number of nitrogens with zero attached hydrogens (tertiary/aromatic N) is 4. The van der Waals surface area contributed by atoms with Crippen molar-refractivity contribution in [1.29, 1.82) is 0 Å². The highest BCUT2D eigenvalue weighted by molar-refractivity contribution is 6.00. The second kappa shape index (κ2) is 8.88. The van der Waals surface area contributed by atoms with E-state index in [-0.39, 0.29) is 0 Å². The molecule has 1 aliphatic rings. The van der Waals surface area contributed by atoms with E-state index in [1.54, 1.807) is 0 Å². The van der Waals surface area contributed by atoms with Crippen LogP contribution < -0.4 is 10.2 Å². The fraction of sp³-hybridized carbons (Fsp3) is 0.250. The third-order valence-electron chi connectivity index (χ3n) is 6.51. The van der Waals surface area contributed by atoms with E-state index in [2.05, 4.69) is 89.0 Å². The van der Waals surface area contributed by atoms with Gasteiger partial charge in [-0.05, 0) is 42.3 Å². The number of hydrogen-bond donors (Lipinski definition) is 1. The van der Waals surface area contributed by atoms with Crippen molar-refractivity contribution in [3.8, 4) is 11.3 Å². The van der Waals surface area contributed by atoms with Crippen molar-refractivity contribution in [1.82, 2.24) is 20.4 Å². The van der Waals surface area contributed by atoms with Crippen LogP contribution in [0.5, 0.6) is 0 Å². The smallest absolute Gasteiger partial charge is 0.263 e. The summed E-state index contributed by atoms with van der Waals surface area (Å²) in [6.45, 7) is 5.86. The Morgan fingerprint density at radius 3 is 2.65 bits per heavy atom. The third-order valence-corrected chi connectivity index (χ3v) is 6.51. The molecule has 170 valence electrons. The van der Waals surface area contributed by atoms with Crippen LogP contribution in [0.3, 0.4) is 0 Å². The molecule has 6 nitrogen and oxygen atoms in total. The van der Waals surface area contributed by atoms with Crippen molar-refractivity contribution in [3.05, 3.63) is 83.7 Å². The van der Waals surface area contributed by atoms with Crippen molar-refractivity contribution >= 4 is 27.7 Å². The van der Waals surface area contributed by atoms with Crippen LogP contribution in [-0.2, 0) is 6.42 Å². The Kier molecular flexibility index (Phi) is 5.43. The molecule has 1 aliphatic heterocycles. The average molecular weight is 450 g/mol. The summed E-state index contributed by atoms with van der Waals surface area (Å²) in [6, 6.07) is 23.3. The van der Waals surface area contributed by atoms with E-state index in [9.17, 15) is 0 Å². The Balaban J connectivity index is 1.49. The molecule has 2 aromatic heterocycles. The summed E-state index contributed by atoms with van der Waals surface area (Å²) in [5.41, 5.74) is 4.79. The molecule has 0 bridgehead atoms. The molecule has 0 saturated carbocycles. The molecule has 1 N–H and O–H groups in total. The molecule has 5 aromatic rings. The van der Waals surface area contributed by atoms with Crippen molar-refractivity contribution in [2.24, 2.45) is 0 Å². The lowest BCUT2D eigenvalue weighted by Crippen LogP contribution is -2.29. The number of anilines is 1. The van der Waals surface area contributed by atoms with Gasteiger partial charge in [-0.15, -0.1) is 0 Å². The first-order chi connectivity index (χ1) is 16.7. The maximum Gasteiger partial charge on any atom is 0.263 e. The second-order valence-corrected chi connectivity index (χ2v) is 8.99. The van der Waals surface area contributed by atoms with Crippen LogP contribution in [0.2, 0.25) is 0 Å². The predicted octanol–water partition coefficient (Wildman–Crippen LogP) is 5.14. The van der Waals surface area contributed by atoms with E-state index in [4.69, 9.17) is 14.5 Å². The normalized spacial score (nSPS) is 14.6. The molecule has 6 heteroatoms. The second-order valence-electron chi connectivity index (χ2n) is 8.99. The SMILES string of the molecule is Cc1ccc(Cc2nc(N3CCCNCC3)c3c(-c4ccc5ccccc5c4)noc3n2)cc1. The van der Waals surface area contributed by atoms with E-state index in [0.717, 1.165) is 60.9 Å². The van der Waals surface area contributed by atoms with Crippen LogP contribution in [-0.4, -0.2) is 41.3 Å². The molecule has 3 heterocycles. The zero-order chi connectivity index (χ0) is 22.9. The van der Waals surface area contributed by atoms with Gasteiger partial charge in [0.2, 0.25) is 0 Å². The molecule has 0 unspecified atom stereocenters. The monoisotopic (exact) mass is 449 g/mol. The number of fused-ring (bicyclic) bond motifs is 2. The molecule has 6 rings (SSSR count). The largest absolute Gasteiger partial charge is 0.354 e. The first-order valence-electron chi connectivity index (χ1n) is 11.9. The van der Waals surface area contributed by atoms with Gasteiger partial charge in [-0.3, -0.25) is 0 Å². The van der Waals surface area contributed by atoms with Crippen molar-refractivity contribution < 1.29 is 4.52 Å². The maximum atomic E-state index is 5.83. The van der Waals surface area contributed by atoms with Crippen LogP contribution in [0.25, 0.3) is 33.1 Å². The highest BCUT2D eigenvalue weighted by Crippen LogP contribution is 2.35. The summed E-state index contributed by atoms with van der Waals surface area (Å²) in [7, 11) is 0. The van der Waals surface area contributed by atoms with Crippen molar-refractivity contribution in [2.75, 3.05) is 31.1 Å². The van der Waals surface area contributed by atoms with Gasteiger partial charge >= 0.3 is 0 Å². The molecule has 0 radical (unpaired) electrons. The molecule has 1 saturated heterocycles. The molecule has 3 aromatic carbocycles. The lowest BCUT2D eigenvalue weighted by atomic mass is 10.0. The standard InChI is InChI=1S/C28H27N5O/c1-19-7-9-20(10-8-19)17-24-30-27(33-15-4-13-29-14-16-33)25-26(32-34-28(25)31-24)23-12-11-21-5-2-3-6-22(21)18-23/h2-3,5-12,18,29H,4,13-17H2,1H3. The van der Waals surface area contributed by atoms with Crippen LogP contribution in [0.1, 0.15) is 23.4 Å². The highest BCUT2D eigenvalue weighted by Gasteiger charge is 2.23. The van der Waals surface area contributed by atoms with Gasteiger partial charge in [0.05, 0.1) is 0 Å². The van der Waals surface area contributed by atoms with E-state index < -0.39 is 0 Å². The number of aryl methyl sites for hydroxylation is 1. The first kappa shape index (κ1) is 20.8. The molecule has 0 aliphatic carbocycles. The molecule has 0 atom stereocenters. The summed E-state index contributed by atoms with van der Waals surface area (Å²) in [5, 5.41) is 11.3. The minimum Gasteiger partial charge on any atom is -0.354 e. The number of nitrogens with one attached hydrogen (secondary N) is 1. The van der Waals surface area contributed by atoms with Gasteiger partial charge in [0.1, 0.15) is 22.7 Å². The van der Waals surface area contributed by atoms with E-state index in [1.165, 1.54) is 21.9 Å². The fourth-order valence-corrected chi connectivity index (χ4v) is 4.67. The molecular weight excluding hydrogens is 422 g/mol. The molecule has 34 heavy (non-hydrogen) atoms. The Hall–Kier alpha value is -3.77. The summed E-state index contributed by atoms with van der Waals surface area (Å²) < 4.78 is 5.83. The van der Waals surface area contributed by atoms with Gasteiger partial charge < -0.3 is 14.7 Å². The Morgan fingerprint density at radius 1 is 0.912 bits per heavy atom. The Labute approximate surface area is 198 Å². The highest BCUT2D eigenvalue weighted by atomic mass is 16.5. The summed E-state index contributed by atoms with van der Waals surface area (Å²) in [5.74, 6) is 1.67. The molecule has 0 amide bonds. The average Bonchev–Trinajstić information content (AvgIpc) is 3.10. The predicted molar refractivity (Wildman–Crippen MR) is 136 cm³/mol. The van der Waals surface area contributed by atoms with Crippen LogP contribution in [0, 0.1) is 6.92 Å². The number of benzene rings is 3. The lowest BCUT2D eigenvalue weighted by Gasteiger charge is -2.22. The third kappa shape index (κ3) is 4.01. The number of aromatic nitrogens is 3. The first-order valence-corrected chi connectivity index (χ1v) is 11.9. The summed E-state index contributed by atoms with van der Waals surface area (Å²) in [4.78, 5) is 12.2. The molecule has 0 spiro atoms.